The summed E-state index contributed by atoms with van der Waals surface area (Å²) < 4.78 is 62.4. The van der Waals surface area contributed by atoms with Gasteiger partial charge in [-0.3, -0.25) is 13.3 Å². The fourth-order valence-electron chi connectivity index (χ4n) is 3.65. The molecule has 0 aliphatic rings. The van der Waals surface area contributed by atoms with E-state index in [4.69, 9.17) is 14.6 Å². The summed E-state index contributed by atoms with van der Waals surface area (Å²) in [6, 6.07) is 24.3. The number of aryl methyl sites for hydroxylation is 1. The lowest BCUT2D eigenvalue weighted by Crippen LogP contribution is -2.18. The van der Waals surface area contributed by atoms with Crippen LogP contribution < -0.4 is 13.8 Å². The first-order valence-corrected chi connectivity index (χ1v) is 15.0. The van der Waals surface area contributed by atoms with Crippen LogP contribution in [0.15, 0.2) is 100 Å². The van der Waals surface area contributed by atoms with Gasteiger partial charge in [-0.05, 0) is 66.6 Å². The second-order valence-corrected chi connectivity index (χ2v) is 12.2. The molecule has 1 unspecified atom stereocenters. The maximum absolute atomic E-state index is 12.9. The number of para-hydroxylation sites is 1. The van der Waals surface area contributed by atoms with E-state index < -0.39 is 27.1 Å². The molecule has 0 bridgehead atoms. The standard InChI is InChI=1S/C27H25NO8S3/c29-26(30)16-10-20-6-4-5-9-24(20)36-19-18-35-22-13-11-21(12-14-22)28(38(31)32)25-15-17-27(37-25)39(33,34)23-7-2-1-3-8-23/h1-9,11-15,17H,10,16,18-19H2,(H,29,30)(H,31,32)/p-1. The first-order chi connectivity index (χ1) is 18.8. The van der Waals surface area contributed by atoms with Crippen molar-refractivity contribution in [3.05, 3.63) is 96.6 Å². The highest BCUT2D eigenvalue weighted by Crippen LogP contribution is 2.37. The molecule has 204 valence electrons. The third-order valence-electron chi connectivity index (χ3n) is 5.50. The summed E-state index contributed by atoms with van der Waals surface area (Å²) in [5, 5.41) is 9.13. The number of nitrogens with zero attached hydrogens (tertiary/aromatic N) is 1. The number of benzene rings is 3. The molecule has 0 amide bonds. The Labute approximate surface area is 232 Å². The Balaban J connectivity index is 1.39. The van der Waals surface area contributed by atoms with Crippen LogP contribution in [0.1, 0.15) is 12.0 Å². The Morgan fingerprint density at radius 2 is 1.56 bits per heavy atom. The van der Waals surface area contributed by atoms with Crippen molar-refractivity contribution in [2.75, 3.05) is 17.5 Å². The van der Waals surface area contributed by atoms with Crippen LogP contribution in [-0.4, -0.2) is 41.5 Å². The maximum atomic E-state index is 12.9. The van der Waals surface area contributed by atoms with Crippen LogP contribution in [0.5, 0.6) is 11.5 Å². The minimum Gasteiger partial charge on any atom is -0.755 e. The van der Waals surface area contributed by atoms with Gasteiger partial charge in [0.25, 0.3) is 0 Å². The van der Waals surface area contributed by atoms with Gasteiger partial charge in [0.2, 0.25) is 9.84 Å². The summed E-state index contributed by atoms with van der Waals surface area (Å²) in [7, 11) is -3.78. The molecule has 9 nitrogen and oxygen atoms in total. The number of carbonyl (C=O) groups is 1. The lowest BCUT2D eigenvalue weighted by molar-refractivity contribution is -0.136. The highest BCUT2D eigenvalue weighted by molar-refractivity contribution is 7.93. The molecule has 0 radical (unpaired) electrons. The Bertz CT molecular complexity index is 1540. The van der Waals surface area contributed by atoms with E-state index in [1.165, 1.54) is 24.3 Å². The predicted molar refractivity (Wildman–Crippen MR) is 147 cm³/mol. The van der Waals surface area contributed by atoms with Crippen molar-refractivity contribution in [2.24, 2.45) is 0 Å². The summed E-state index contributed by atoms with van der Waals surface area (Å²) >= 11 is -1.85. The van der Waals surface area contributed by atoms with Crippen LogP contribution in [0.25, 0.3) is 0 Å². The third-order valence-corrected chi connectivity index (χ3v) is 9.65. The zero-order valence-corrected chi connectivity index (χ0v) is 22.9. The van der Waals surface area contributed by atoms with Crippen LogP contribution in [0.4, 0.5) is 10.7 Å². The summed E-state index contributed by atoms with van der Waals surface area (Å²) in [5.41, 5.74) is 1.10. The zero-order valence-electron chi connectivity index (χ0n) is 20.5. The van der Waals surface area contributed by atoms with Gasteiger partial charge in [0, 0.05) is 6.42 Å². The normalized spacial score (nSPS) is 12.0. The number of hydrogen-bond donors (Lipinski definition) is 1. The molecule has 0 saturated heterocycles. The molecule has 12 heteroatoms. The molecule has 1 aromatic heterocycles. The van der Waals surface area contributed by atoms with E-state index in [0.717, 1.165) is 21.2 Å². The highest BCUT2D eigenvalue weighted by Gasteiger charge is 2.22. The van der Waals surface area contributed by atoms with Crippen molar-refractivity contribution < 1.29 is 36.6 Å². The molecule has 1 atom stereocenters. The van der Waals surface area contributed by atoms with E-state index in [-0.39, 0.29) is 33.7 Å². The number of ether oxygens (including phenoxy) is 2. The average Bonchev–Trinajstić information content (AvgIpc) is 3.42. The minimum atomic E-state index is -3.78. The van der Waals surface area contributed by atoms with Gasteiger partial charge in [0.05, 0.1) is 21.8 Å². The minimum absolute atomic E-state index is 0.00398. The Morgan fingerprint density at radius 1 is 0.897 bits per heavy atom. The Hall–Kier alpha value is -3.71. The number of anilines is 2. The van der Waals surface area contributed by atoms with E-state index in [9.17, 15) is 22.0 Å². The number of thiophene rings is 1. The molecule has 1 N–H and O–H groups in total. The van der Waals surface area contributed by atoms with Crippen molar-refractivity contribution in [1.29, 1.82) is 0 Å². The van der Waals surface area contributed by atoms with E-state index in [0.29, 0.717) is 23.6 Å². The smallest absolute Gasteiger partial charge is 0.303 e. The third kappa shape index (κ3) is 7.24. The summed E-state index contributed by atoms with van der Waals surface area (Å²) in [4.78, 5) is 11.0. The number of carboxylic acids is 1. The van der Waals surface area contributed by atoms with Crippen molar-refractivity contribution >= 4 is 49.1 Å². The maximum Gasteiger partial charge on any atom is 0.303 e. The average molecular weight is 587 g/mol. The molecule has 4 aromatic rings. The number of rotatable bonds is 13. The molecule has 0 aliphatic heterocycles. The van der Waals surface area contributed by atoms with E-state index >= 15 is 0 Å². The van der Waals surface area contributed by atoms with E-state index in [1.54, 1.807) is 54.6 Å². The second-order valence-electron chi connectivity index (χ2n) is 8.11. The van der Waals surface area contributed by atoms with Gasteiger partial charge in [0.1, 0.15) is 33.9 Å². The zero-order chi connectivity index (χ0) is 27.8. The van der Waals surface area contributed by atoms with Crippen LogP contribution >= 0.6 is 11.3 Å². The second kappa shape index (κ2) is 12.9. The topological polar surface area (TPSA) is 133 Å². The molecule has 3 aromatic carbocycles. The number of sulfone groups is 1. The van der Waals surface area contributed by atoms with Gasteiger partial charge in [0.15, 0.2) is 0 Å². The monoisotopic (exact) mass is 586 g/mol. The molecule has 4 rings (SSSR count). The SMILES string of the molecule is O=C(O)CCc1ccccc1OCCOc1ccc(N(c2ccc(S(=O)(=O)c3ccccc3)s2)S(=O)[O-])cc1. The van der Waals surface area contributed by atoms with Crippen molar-refractivity contribution in [2.45, 2.75) is 21.9 Å². The van der Waals surface area contributed by atoms with Crippen molar-refractivity contribution in [1.82, 2.24) is 0 Å². The molecule has 0 fully saturated rings. The first-order valence-electron chi connectivity index (χ1n) is 11.7. The van der Waals surface area contributed by atoms with Gasteiger partial charge >= 0.3 is 5.97 Å². The molecule has 39 heavy (non-hydrogen) atoms. The van der Waals surface area contributed by atoms with Crippen LogP contribution in [0.3, 0.4) is 0 Å². The predicted octanol–water partition coefficient (Wildman–Crippen LogP) is 4.99. The molecular weight excluding hydrogens is 562 g/mol. The fraction of sp³-hybridized carbons (Fsp3) is 0.148. The number of hydrogen-bond acceptors (Lipinski definition) is 8. The lowest BCUT2D eigenvalue weighted by Gasteiger charge is -2.24. The van der Waals surface area contributed by atoms with Gasteiger partial charge in [-0.25, -0.2) is 8.42 Å². The van der Waals surface area contributed by atoms with Crippen molar-refractivity contribution in [3.63, 3.8) is 0 Å². The van der Waals surface area contributed by atoms with Crippen LogP contribution in [0, 0.1) is 0 Å². The summed E-state index contributed by atoms with van der Waals surface area (Å²) in [6.45, 7) is 0.422. The highest BCUT2D eigenvalue weighted by atomic mass is 32.2. The van der Waals surface area contributed by atoms with E-state index in [1.807, 2.05) is 12.1 Å². The van der Waals surface area contributed by atoms with Crippen LogP contribution in [0.2, 0.25) is 0 Å². The lowest BCUT2D eigenvalue weighted by atomic mass is 10.1. The Kier molecular flexibility index (Phi) is 9.36. The van der Waals surface area contributed by atoms with Gasteiger partial charge < -0.3 is 19.1 Å². The number of carboxylic acid groups (broad SMARTS) is 1. The molecule has 0 aliphatic carbocycles. The fourth-order valence-corrected chi connectivity index (χ4v) is 7.09. The first kappa shape index (κ1) is 28.3. The van der Waals surface area contributed by atoms with Crippen LogP contribution in [-0.2, 0) is 32.3 Å². The van der Waals surface area contributed by atoms with Gasteiger partial charge in [-0.1, -0.05) is 36.4 Å². The van der Waals surface area contributed by atoms with Crippen molar-refractivity contribution in [3.8, 4) is 11.5 Å². The number of aliphatic carboxylic acids is 1. The molecule has 0 spiro atoms. The van der Waals surface area contributed by atoms with Gasteiger partial charge in [-0.2, -0.15) is 0 Å². The summed E-state index contributed by atoms with van der Waals surface area (Å²) in [6.07, 6.45) is 0.360. The molecular formula is C27H24NO8S3-. The molecule has 1 heterocycles. The largest absolute Gasteiger partial charge is 0.755 e. The molecule has 0 saturated carbocycles. The Morgan fingerprint density at radius 3 is 2.26 bits per heavy atom. The van der Waals surface area contributed by atoms with Gasteiger partial charge in [-0.15, -0.1) is 11.3 Å². The summed E-state index contributed by atoms with van der Waals surface area (Å²) in [5.74, 6) is 0.195. The van der Waals surface area contributed by atoms with E-state index in [2.05, 4.69) is 0 Å². The quantitative estimate of drug-likeness (QED) is 0.171.